The van der Waals surface area contributed by atoms with E-state index in [1.165, 1.54) is 32.4 Å². The van der Waals surface area contributed by atoms with Gasteiger partial charge in [-0.25, -0.2) is 0 Å². The Morgan fingerprint density at radius 3 is 2.71 bits per heavy atom. The predicted octanol–water partition coefficient (Wildman–Crippen LogP) is 3.12. The molecule has 1 heterocycles. The molecule has 2 atom stereocenters. The number of hydrogen-bond acceptors (Lipinski definition) is 3. The van der Waals surface area contributed by atoms with E-state index in [-0.39, 0.29) is 0 Å². The Kier molecular flexibility index (Phi) is 8.27. The van der Waals surface area contributed by atoms with Crippen LogP contribution in [0.1, 0.15) is 65.7 Å². The highest BCUT2D eigenvalue weighted by molar-refractivity contribution is 5.78. The lowest BCUT2D eigenvalue weighted by Gasteiger charge is -2.26. The molecule has 0 bridgehead atoms. The molecule has 4 nitrogen and oxygen atoms in total. The maximum absolute atomic E-state index is 11.4. The molecule has 0 amide bonds. The minimum atomic E-state index is -0.758. The molecular formula is C17H34N2O2. The molecule has 0 aliphatic carbocycles. The first kappa shape index (κ1) is 18.4. The molecule has 2 N–H and O–H groups in total. The van der Waals surface area contributed by atoms with Gasteiger partial charge in [0.2, 0.25) is 0 Å². The van der Waals surface area contributed by atoms with Crippen molar-refractivity contribution in [2.45, 2.75) is 71.3 Å². The van der Waals surface area contributed by atoms with Gasteiger partial charge in [-0.05, 0) is 71.0 Å². The first-order valence-electron chi connectivity index (χ1n) is 8.72. The minimum absolute atomic E-state index is 0.717. The van der Waals surface area contributed by atoms with E-state index in [0.717, 1.165) is 38.3 Å². The van der Waals surface area contributed by atoms with Crippen LogP contribution in [0.25, 0.3) is 0 Å². The van der Waals surface area contributed by atoms with Gasteiger partial charge in [0.15, 0.2) is 0 Å². The van der Waals surface area contributed by atoms with Crippen molar-refractivity contribution in [3.8, 4) is 0 Å². The first-order valence-corrected chi connectivity index (χ1v) is 8.72. The molecule has 1 aliphatic rings. The lowest BCUT2D eigenvalue weighted by molar-refractivity contribution is -0.144. The van der Waals surface area contributed by atoms with Crippen molar-refractivity contribution in [1.29, 1.82) is 0 Å². The van der Waals surface area contributed by atoms with Crippen LogP contribution in [-0.2, 0) is 4.79 Å². The summed E-state index contributed by atoms with van der Waals surface area (Å²) in [4.78, 5) is 14.0. The third kappa shape index (κ3) is 6.35. The first-order chi connectivity index (χ1) is 10.0. The summed E-state index contributed by atoms with van der Waals surface area (Å²) in [7, 11) is 0. The number of unbranched alkanes of at least 4 members (excludes halogenated alkanes) is 1. The number of nitrogens with zero attached hydrogens (tertiary/aromatic N) is 1. The Labute approximate surface area is 130 Å². The van der Waals surface area contributed by atoms with E-state index in [9.17, 15) is 9.90 Å². The fourth-order valence-electron chi connectivity index (χ4n) is 3.25. The van der Waals surface area contributed by atoms with Gasteiger partial charge in [-0.1, -0.05) is 20.3 Å². The zero-order valence-corrected chi connectivity index (χ0v) is 14.2. The van der Waals surface area contributed by atoms with E-state index >= 15 is 0 Å². The van der Waals surface area contributed by atoms with Crippen molar-refractivity contribution in [2.24, 2.45) is 5.92 Å². The van der Waals surface area contributed by atoms with E-state index in [0.29, 0.717) is 6.42 Å². The normalized spacial score (nSPS) is 22.3. The maximum atomic E-state index is 11.4. The minimum Gasteiger partial charge on any atom is -0.480 e. The lowest BCUT2D eigenvalue weighted by atomic mass is 9.94. The van der Waals surface area contributed by atoms with Crippen molar-refractivity contribution in [2.75, 3.05) is 26.2 Å². The van der Waals surface area contributed by atoms with Crippen molar-refractivity contribution in [1.82, 2.24) is 10.2 Å². The standard InChI is InChI=1S/C17H34N2O2/c1-4-8-15-9-13-19(14-15)12-7-6-10-17(3,16(20)21)18-11-5-2/h15,18H,4-14H2,1-3H3,(H,20,21). The number of carbonyl (C=O) groups is 1. The van der Waals surface area contributed by atoms with Crippen LogP contribution < -0.4 is 5.32 Å². The van der Waals surface area contributed by atoms with Crippen LogP contribution in [0.2, 0.25) is 0 Å². The van der Waals surface area contributed by atoms with Crippen molar-refractivity contribution < 1.29 is 9.90 Å². The highest BCUT2D eigenvalue weighted by Crippen LogP contribution is 2.22. The number of carboxylic acids is 1. The average Bonchev–Trinajstić information content (AvgIpc) is 2.89. The average molecular weight is 298 g/mol. The van der Waals surface area contributed by atoms with Crippen LogP contribution in [0.3, 0.4) is 0 Å². The number of nitrogens with one attached hydrogen (secondary N) is 1. The third-order valence-electron chi connectivity index (χ3n) is 4.71. The van der Waals surface area contributed by atoms with Gasteiger partial charge in [0.25, 0.3) is 0 Å². The lowest BCUT2D eigenvalue weighted by Crippen LogP contribution is -2.49. The van der Waals surface area contributed by atoms with Gasteiger partial charge in [-0.15, -0.1) is 0 Å². The summed E-state index contributed by atoms with van der Waals surface area (Å²) in [6, 6.07) is 0. The Balaban J connectivity index is 2.21. The molecule has 0 saturated carbocycles. The Bertz CT molecular complexity index is 309. The summed E-state index contributed by atoms with van der Waals surface area (Å²) in [6.45, 7) is 10.5. The Hall–Kier alpha value is -0.610. The topological polar surface area (TPSA) is 52.6 Å². The van der Waals surface area contributed by atoms with E-state index in [1.54, 1.807) is 0 Å². The van der Waals surface area contributed by atoms with E-state index < -0.39 is 11.5 Å². The molecule has 124 valence electrons. The van der Waals surface area contributed by atoms with E-state index in [4.69, 9.17) is 0 Å². The molecule has 0 aromatic carbocycles. The van der Waals surface area contributed by atoms with Gasteiger partial charge >= 0.3 is 5.97 Å². The quantitative estimate of drug-likeness (QED) is 0.575. The van der Waals surface area contributed by atoms with Crippen molar-refractivity contribution >= 4 is 5.97 Å². The summed E-state index contributed by atoms with van der Waals surface area (Å²) in [5.74, 6) is 0.172. The molecule has 0 radical (unpaired) electrons. The zero-order chi connectivity index (χ0) is 15.7. The maximum Gasteiger partial charge on any atom is 0.323 e. The molecule has 2 unspecified atom stereocenters. The van der Waals surface area contributed by atoms with Gasteiger partial charge in [0, 0.05) is 6.54 Å². The number of aliphatic carboxylic acids is 1. The second-order valence-electron chi connectivity index (χ2n) is 6.77. The summed E-state index contributed by atoms with van der Waals surface area (Å²) in [6.07, 6.45) is 7.76. The highest BCUT2D eigenvalue weighted by atomic mass is 16.4. The van der Waals surface area contributed by atoms with Gasteiger partial charge in [0.05, 0.1) is 0 Å². The van der Waals surface area contributed by atoms with Gasteiger partial charge in [-0.2, -0.15) is 0 Å². The Morgan fingerprint density at radius 1 is 1.33 bits per heavy atom. The van der Waals surface area contributed by atoms with Gasteiger partial charge < -0.3 is 15.3 Å². The molecular weight excluding hydrogens is 264 g/mol. The zero-order valence-electron chi connectivity index (χ0n) is 14.2. The monoisotopic (exact) mass is 298 g/mol. The molecule has 1 aliphatic heterocycles. The molecule has 21 heavy (non-hydrogen) atoms. The SMILES string of the molecule is CCCNC(C)(CCCCN1CCC(CCC)C1)C(=O)O. The fraction of sp³-hybridized carbons (Fsp3) is 0.941. The molecule has 4 heteroatoms. The van der Waals surface area contributed by atoms with Crippen molar-refractivity contribution in [3.63, 3.8) is 0 Å². The van der Waals surface area contributed by atoms with E-state index in [2.05, 4.69) is 24.1 Å². The third-order valence-corrected chi connectivity index (χ3v) is 4.71. The van der Waals surface area contributed by atoms with Crippen molar-refractivity contribution in [3.05, 3.63) is 0 Å². The molecule has 1 saturated heterocycles. The van der Waals surface area contributed by atoms with Crippen LogP contribution in [0.4, 0.5) is 0 Å². The van der Waals surface area contributed by atoms with Crippen LogP contribution in [0.15, 0.2) is 0 Å². The molecule has 1 rings (SSSR count). The molecule has 1 fully saturated rings. The van der Waals surface area contributed by atoms with Crippen LogP contribution in [-0.4, -0.2) is 47.7 Å². The second kappa shape index (κ2) is 9.42. The number of likely N-dealkylation sites (tertiary alicyclic amines) is 1. The number of hydrogen-bond donors (Lipinski definition) is 2. The summed E-state index contributed by atoms with van der Waals surface area (Å²) >= 11 is 0. The van der Waals surface area contributed by atoms with Crippen LogP contribution in [0.5, 0.6) is 0 Å². The largest absolute Gasteiger partial charge is 0.480 e. The summed E-state index contributed by atoms with van der Waals surface area (Å²) < 4.78 is 0. The molecule has 0 aromatic heterocycles. The predicted molar refractivity (Wildman–Crippen MR) is 87.6 cm³/mol. The number of carboxylic acid groups (broad SMARTS) is 1. The molecule has 0 spiro atoms. The second-order valence-corrected chi connectivity index (χ2v) is 6.77. The summed E-state index contributed by atoms with van der Waals surface area (Å²) in [5, 5.41) is 12.6. The van der Waals surface area contributed by atoms with Crippen LogP contribution >= 0.6 is 0 Å². The molecule has 0 aromatic rings. The smallest absolute Gasteiger partial charge is 0.323 e. The van der Waals surface area contributed by atoms with E-state index in [1.807, 2.05) is 6.92 Å². The van der Waals surface area contributed by atoms with Gasteiger partial charge in [-0.3, -0.25) is 4.79 Å². The summed E-state index contributed by atoms with van der Waals surface area (Å²) in [5.41, 5.74) is -0.758. The van der Waals surface area contributed by atoms with Gasteiger partial charge in [0.1, 0.15) is 5.54 Å². The van der Waals surface area contributed by atoms with Crippen LogP contribution in [0, 0.1) is 5.92 Å². The fourth-order valence-corrected chi connectivity index (χ4v) is 3.25. The Morgan fingerprint density at radius 2 is 2.10 bits per heavy atom. The number of rotatable bonds is 11. The highest BCUT2D eigenvalue weighted by Gasteiger charge is 2.31.